The molecule has 3 aromatic rings. The molecule has 2 amide bonds. The molecule has 35 heavy (non-hydrogen) atoms. The standard InChI is InChI=1S/C23H18ClF3N4O4/c24-13-2-3-17-14(10-13)20-15(11-35-21(32)29-20)19(28-17)12-1-4-18(16(9-12)23(25,26)27)30-5-7-31(8-6-30)22(33)34/h1-4,9-10H,5-8,11H2,(H,29,32)(H,33,34). The summed E-state index contributed by atoms with van der Waals surface area (Å²) in [6, 6.07) is 8.80. The van der Waals surface area contributed by atoms with Crippen molar-refractivity contribution in [1.29, 1.82) is 0 Å². The summed E-state index contributed by atoms with van der Waals surface area (Å²) in [4.78, 5) is 30.3. The van der Waals surface area contributed by atoms with Crippen molar-refractivity contribution in [3.8, 4) is 11.3 Å². The smallest absolute Gasteiger partial charge is 0.418 e. The number of hydrogen-bond acceptors (Lipinski definition) is 5. The van der Waals surface area contributed by atoms with Gasteiger partial charge in [-0.3, -0.25) is 5.32 Å². The summed E-state index contributed by atoms with van der Waals surface area (Å²) >= 11 is 6.11. The van der Waals surface area contributed by atoms with E-state index < -0.39 is 23.9 Å². The number of aromatic nitrogens is 1. The van der Waals surface area contributed by atoms with E-state index in [1.54, 1.807) is 18.2 Å². The number of fused-ring (bicyclic) bond motifs is 3. The van der Waals surface area contributed by atoms with Crippen LogP contribution >= 0.6 is 11.6 Å². The number of nitrogens with one attached hydrogen (secondary N) is 1. The highest BCUT2D eigenvalue weighted by molar-refractivity contribution is 6.31. The molecule has 0 bridgehead atoms. The minimum absolute atomic E-state index is 0.0303. The molecule has 5 rings (SSSR count). The third-order valence-electron chi connectivity index (χ3n) is 6.09. The number of carboxylic acid groups (broad SMARTS) is 1. The van der Waals surface area contributed by atoms with Crippen LogP contribution in [0.2, 0.25) is 5.02 Å². The van der Waals surface area contributed by atoms with Crippen molar-refractivity contribution >= 4 is 46.1 Å². The Morgan fingerprint density at radius 2 is 1.86 bits per heavy atom. The Hall–Kier alpha value is -3.73. The minimum Gasteiger partial charge on any atom is -0.465 e. The normalized spacial score (nSPS) is 16.1. The van der Waals surface area contributed by atoms with Crippen LogP contribution in [0.4, 0.5) is 34.1 Å². The fraction of sp³-hybridized carbons (Fsp3) is 0.261. The molecule has 2 N–H and O–H groups in total. The second-order valence-corrected chi connectivity index (χ2v) is 8.60. The van der Waals surface area contributed by atoms with Gasteiger partial charge in [-0.15, -0.1) is 0 Å². The highest BCUT2D eigenvalue weighted by Gasteiger charge is 2.37. The maximum atomic E-state index is 14.1. The molecule has 1 fully saturated rings. The number of hydrogen-bond donors (Lipinski definition) is 2. The van der Waals surface area contributed by atoms with Gasteiger partial charge in [-0.2, -0.15) is 13.2 Å². The lowest BCUT2D eigenvalue weighted by Gasteiger charge is -2.36. The van der Waals surface area contributed by atoms with Crippen LogP contribution in [0.5, 0.6) is 0 Å². The summed E-state index contributed by atoms with van der Waals surface area (Å²) < 4.78 is 47.5. The van der Waals surface area contributed by atoms with E-state index in [-0.39, 0.29) is 49.7 Å². The second-order valence-electron chi connectivity index (χ2n) is 8.16. The summed E-state index contributed by atoms with van der Waals surface area (Å²) in [6.07, 6.45) is -6.44. The number of benzene rings is 2. The van der Waals surface area contributed by atoms with E-state index in [2.05, 4.69) is 10.3 Å². The zero-order valence-electron chi connectivity index (χ0n) is 18.0. The van der Waals surface area contributed by atoms with Crippen LogP contribution in [0.1, 0.15) is 11.1 Å². The van der Waals surface area contributed by atoms with Crippen molar-refractivity contribution in [2.45, 2.75) is 12.8 Å². The van der Waals surface area contributed by atoms with Crippen LogP contribution in [0.15, 0.2) is 36.4 Å². The molecule has 0 radical (unpaired) electrons. The van der Waals surface area contributed by atoms with Crippen molar-refractivity contribution in [3.05, 3.63) is 52.5 Å². The van der Waals surface area contributed by atoms with E-state index in [0.29, 0.717) is 27.2 Å². The van der Waals surface area contributed by atoms with Gasteiger partial charge in [0.25, 0.3) is 0 Å². The van der Waals surface area contributed by atoms with Crippen LogP contribution in [0, 0.1) is 0 Å². The van der Waals surface area contributed by atoms with E-state index in [0.717, 1.165) is 6.07 Å². The van der Waals surface area contributed by atoms with Gasteiger partial charge in [-0.05, 0) is 30.3 Å². The first-order valence-corrected chi connectivity index (χ1v) is 11.0. The van der Waals surface area contributed by atoms with Gasteiger partial charge in [0.1, 0.15) is 6.61 Å². The van der Waals surface area contributed by atoms with Crippen LogP contribution in [0.3, 0.4) is 0 Å². The number of amides is 2. The van der Waals surface area contributed by atoms with E-state index >= 15 is 0 Å². The highest BCUT2D eigenvalue weighted by atomic mass is 35.5. The summed E-state index contributed by atoms with van der Waals surface area (Å²) in [5, 5.41) is 12.7. The molecule has 0 unspecified atom stereocenters. The number of ether oxygens (including phenoxy) is 1. The molecule has 0 atom stereocenters. The second kappa shape index (κ2) is 8.49. The van der Waals surface area contributed by atoms with Crippen molar-refractivity contribution in [1.82, 2.24) is 9.88 Å². The fourth-order valence-electron chi connectivity index (χ4n) is 4.40. The molecule has 0 aliphatic carbocycles. The van der Waals surface area contributed by atoms with Gasteiger partial charge < -0.3 is 19.6 Å². The Morgan fingerprint density at radius 1 is 1.11 bits per heavy atom. The first kappa shape index (κ1) is 23.0. The predicted octanol–water partition coefficient (Wildman–Crippen LogP) is 5.44. The number of carbonyl (C=O) groups is 2. The molecule has 0 saturated carbocycles. The quantitative estimate of drug-likeness (QED) is 0.481. The average molecular weight is 507 g/mol. The van der Waals surface area contributed by atoms with E-state index in [4.69, 9.17) is 21.4 Å². The van der Waals surface area contributed by atoms with Gasteiger partial charge in [-0.25, -0.2) is 14.6 Å². The van der Waals surface area contributed by atoms with Gasteiger partial charge in [0.2, 0.25) is 0 Å². The van der Waals surface area contributed by atoms with Crippen molar-refractivity contribution in [2.24, 2.45) is 0 Å². The van der Waals surface area contributed by atoms with E-state index in [1.807, 2.05) is 0 Å². The largest absolute Gasteiger partial charge is 0.465 e. The molecule has 2 aliphatic heterocycles. The number of alkyl halides is 3. The zero-order chi connectivity index (χ0) is 24.9. The predicted molar refractivity (Wildman–Crippen MR) is 123 cm³/mol. The molecule has 182 valence electrons. The number of pyridine rings is 1. The Balaban J connectivity index is 1.62. The van der Waals surface area contributed by atoms with Crippen molar-refractivity contribution < 1.29 is 32.6 Å². The fourth-order valence-corrected chi connectivity index (χ4v) is 4.57. The third-order valence-corrected chi connectivity index (χ3v) is 6.32. The minimum atomic E-state index is -4.66. The van der Waals surface area contributed by atoms with Crippen LogP contribution < -0.4 is 10.2 Å². The van der Waals surface area contributed by atoms with Crippen LogP contribution in [-0.4, -0.2) is 53.4 Å². The van der Waals surface area contributed by atoms with E-state index in [1.165, 1.54) is 21.9 Å². The SMILES string of the molecule is O=C1Nc2c(c(-c3ccc(N4CCN(C(=O)O)CC4)c(C(F)(F)F)c3)nc3ccc(Cl)cc23)CO1. The molecular formula is C23H18ClF3N4O4. The lowest BCUT2D eigenvalue weighted by atomic mass is 9.97. The van der Waals surface area contributed by atoms with Gasteiger partial charge >= 0.3 is 18.4 Å². The molecule has 12 heteroatoms. The number of anilines is 2. The molecule has 0 spiro atoms. The molecular weight excluding hydrogens is 489 g/mol. The lowest BCUT2D eigenvalue weighted by Crippen LogP contribution is -2.48. The molecule has 1 aromatic heterocycles. The number of rotatable bonds is 2. The first-order chi connectivity index (χ1) is 16.6. The highest BCUT2D eigenvalue weighted by Crippen LogP contribution is 2.42. The van der Waals surface area contributed by atoms with Gasteiger partial charge in [0, 0.05) is 53.4 Å². The number of cyclic esters (lactones) is 1. The van der Waals surface area contributed by atoms with E-state index in [9.17, 15) is 22.8 Å². The summed E-state index contributed by atoms with van der Waals surface area (Å²) in [5.74, 6) is 0. The number of nitrogens with zero attached hydrogens (tertiary/aromatic N) is 3. The van der Waals surface area contributed by atoms with Crippen LogP contribution in [-0.2, 0) is 17.5 Å². The lowest BCUT2D eigenvalue weighted by molar-refractivity contribution is -0.137. The summed E-state index contributed by atoms with van der Waals surface area (Å²) in [5.41, 5.74) is 0.860. The molecule has 3 heterocycles. The van der Waals surface area contributed by atoms with Gasteiger partial charge in [-0.1, -0.05) is 17.7 Å². The summed E-state index contributed by atoms with van der Waals surface area (Å²) in [7, 11) is 0. The average Bonchev–Trinajstić information content (AvgIpc) is 2.83. The third kappa shape index (κ3) is 4.27. The summed E-state index contributed by atoms with van der Waals surface area (Å²) in [6.45, 7) is 0.325. The Labute approximate surface area is 201 Å². The monoisotopic (exact) mass is 506 g/mol. The Bertz CT molecular complexity index is 1360. The van der Waals surface area contributed by atoms with Crippen molar-refractivity contribution in [2.75, 3.05) is 36.4 Å². The Kier molecular flexibility index (Phi) is 5.59. The maximum absolute atomic E-state index is 14.1. The molecule has 8 nitrogen and oxygen atoms in total. The topological polar surface area (TPSA) is 95.0 Å². The van der Waals surface area contributed by atoms with Crippen molar-refractivity contribution in [3.63, 3.8) is 0 Å². The number of piperazine rings is 1. The van der Waals surface area contributed by atoms with Gasteiger partial charge in [0.15, 0.2) is 0 Å². The van der Waals surface area contributed by atoms with Gasteiger partial charge in [0.05, 0.1) is 22.5 Å². The molecule has 2 aliphatic rings. The molecule has 1 saturated heterocycles. The Morgan fingerprint density at radius 3 is 2.54 bits per heavy atom. The van der Waals surface area contributed by atoms with Crippen LogP contribution in [0.25, 0.3) is 22.2 Å². The molecule has 2 aromatic carbocycles. The number of halogens is 4. The zero-order valence-corrected chi connectivity index (χ0v) is 18.8. The maximum Gasteiger partial charge on any atom is 0.418 e. The first-order valence-electron chi connectivity index (χ1n) is 10.6. The number of carbonyl (C=O) groups excluding carboxylic acids is 1.